The van der Waals surface area contributed by atoms with Crippen LogP contribution in [0.15, 0.2) is 47.4 Å². The third kappa shape index (κ3) is 5.62. The molecule has 35 heavy (non-hydrogen) atoms. The number of hydrogen-bond donors (Lipinski definition) is 0. The summed E-state index contributed by atoms with van der Waals surface area (Å²) in [6.45, 7) is 1.24. The van der Waals surface area contributed by atoms with Crippen LogP contribution in [0.25, 0.3) is 6.08 Å². The number of methoxy groups -OCH3 is 1. The molecule has 2 saturated heterocycles. The van der Waals surface area contributed by atoms with Crippen LogP contribution >= 0.6 is 11.8 Å². The Morgan fingerprint density at radius 1 is 1.11 bits per heavy atom. The number of nitro groups is 1. The molecule has 3 amide bonds. The first-order chi connectivity index (χ1) is 16.9. The highest BCUT2D eigenvalue weighted by molar-refractivity contribution is 8.18. The number of carbonyl (C=O) groups excluding carboxylic acids is 3. The monoisotopic (exact) mass is 497 g/mol. The summed E-state index contributed by atoms with van der Waals surface area (Å²) in [5, 5.41) is 10.3. The molecule has 0 bridgehead atoms. The van der Waals surface area contributed by atoms with E-state index in [4.69, 9.17) is 9.47 Å². The van der Waals surface area contributed by atoms with Gasteiger partial charge in [0.05, 0.1) is 16.9 Å². The third-order valence-electron chi connectivity index (χ3n) is 5.65. The molecule has 2 aliphatic rings. The molecule has 0 aliphatic carbocycles. The molecule has 0 saturated carbocycles. The largest absolute Gasteiger partial charge is 0.493 e. The lowest BCUT2D eigenvalue weighted by Gasteiger charge is -2.18. The lowest BCUT2D eigenvalue weighted by Crippen LogP contribution is -2.40. The minimum absolute atomic E-state index is 0.000471. The lowest BCUT2D eigenvalue weighted by molar-refractivity contribution is -0.384. The smallest absolute Gasteiger partial charge is 0.294 e. The van der Waals surface area contributed by atoms with Crippen LogP contribution in [0.1, 0.15) is 24.0 Å². The highest BCUT2D eigenvalue weighted by Crippen LogP contribution is 2.35. The number of rotatable bonds is 8. The zero-order valence-corrected chi connectivity index (χ0v) is 19.8. The molecule has 2 aromatic rings. The van der Waals surface area contributed by atoms with Crippen LogP contribution in [0.3, 0.4) is 0 Å². The van der Waals surface area contributed by atoms with E-state index in [0.29, 0.717) is 30.2 Å². The summed E-state index contributed by atoms with van der Waals surface area (Å²) in [5.41, 5.74) is 1.38. The molecule has 0 radical (unpaired) electrons. The molecular formula is C24H23N3O7S. The van der Waals surface area contributed by atoms with Gasteiger partial charge in [0.15, 0.2) is 11.5 Å². The maximum atomic E-state index is 12.8. The fourth-order valence-corrected chi connectivity index (χ4v) is 4.60. The number of amides is 3. The predicted octanol–water partition coefficient (Wildman–Crippen LogP) is 3.84. The molecule has 2 aromatic carbocycles. The maximum absolute atomic E-state index is 12.8. The number of benzene rings is 2. The Balaban J connectivity index is 1.43. The standard InChI is InChI=1S/C24H23N3O7S/c1-33-20-12-17(6-9-19(20)34-15-16-4-7-18(8-5-16)27(31)32)13-21-23(29)26(24(30)35-21)14-22(28)25-10-2-3-11-25/h4-9,12-13H,2-3,10-11,14-15H2,1H3/b21-13-. The van der Waals surface area contributed by atoms with Gasteiger partial charge in [0.2, 0.25) is 5.91 Å². The van der Waals surface area contributed by atoms with Gasteiger partial charge in [0.25, 0.3) is 16.8 Å². The quantitative estimate of drug-likeness (QED) is 0.307. The van der Waals surface area contributed by atoms with Crippen molar-refractivity contribution in [3.8, 4) is 11.5 Å². The van der Waals surface area contributed by atoms with Gasteiger partial charge >= 0.3 is 0 Å². The number of carbonyl (C=O) groups is 3. The summed E-state index contributed by atoms with van der Waals surface area (Å²) in [4.78, 5) is 50.7. The highest BCUT2D eigenvalue weighted by Gasteiger charge is 2.37. The van der Waals surface area contributed by atoms with Crippen molar-refractivity contribution in [1.82, 2.24) is 9.80 Å². The minimum Gasteiger partial charge on any atom is -0.493 e. The number of ether oxygens (including phenoxy) is 2. The van der Waals surface area contributed by atoms with Gasteiger partial charge in [-0.3, -0.25) is 29.4 Å². The lowest BCUT2D eigenvalue weighted by atomic mass is 10.1. The van der Waals surface area contributed by atoms with Gasteiger partial charge in [-0.25, -0.2) is 0 Å². The molecule has 4 rings (SSSR count). The number of hydrogen-bond acceptors (Lipinski definition) is 8. The summed E-state index contributed by atoms with van der Waals surface area (Å²) >= 11 is 0.797. The van der Waals surface area contributed by atoms with E-state index in [1.54, 1.807) is 41.3 Å². The topological polar surface area (TPSA) is 119 Å². The molecule has 0 aromatic heterocycles. The van der Waals surface area contributed by atoms with E-state index in [1.165, 1.54) is 19.2 Å². The Bertz CT molecular complexity index is 1190. The van der Waals surface area contributed by atoms with Crippen LogP contribution in [0, 0.1) is 10.1 Å². The number of nitro benzene ring substituents is 1. The first kappa shape index (κ1) is 24.3. The van der Waals surface area contributed by atoms with Gasteiger partial charge in [0.1, 0.15) is 13.2 Å². The van der Waals surface area contributed by atoms with Crippen LogP contribution < -0.4 is 9.47 Å². The molecule has 2 heterocycles. The number of thioether (sulfide) groups is 1. The number of non-ortho nitro benzene ring substituents is 1. The summed E-state index contributed by atoms with van der Waals surface area (Å²) in [6, 6.07) is 11.1. The van der Waals surface area contributed by atoms with E-state index in [2.05, 4.69) is 0 Å². The van der Waals surface area contributed by atoms with Gasteiger partial charge in [0, 0.05) is 25.2 Å². The summed E-state index contributed by atoms with van der Waals surface area (Å²) in [5.74, 6) is 0.156. The van der Waals surface area contributed by atoms with Crippen molar-refractivity contribution in [2.24, 2.45) is 0 Å². The van der Waals surface area contributed by atoms with E-state index >= 15 is 0 Å². The summed E-state index contributed by atoms with van der Waals surface area (Å²) < 4.78 is 11.2. The summed E-state index contributed by atoms with van der Waals surface area (Å²) in [6.07, 6.45) is 3.44. The highest BCUT2D eigenvalue weighted by atomic mass is 32.2. The Kier molecular flexibility index (Phi) is 7.35. The molecule has 182 valence electrons. The first-order valence-electron chi connectivity index (χ1n) is 10.9. The fourth-order valence-electron chi connectivity index (χ4n) is 3.76. The Morgan fingerprint density at radius 2 is 1.83 bits per heavy atom. The van der Waals surface area contributed by atoms with Crippen LogP contribution in [0.4, 0.5) is 10.5 Å². The molecule has 2 aliphatic heterocycles. The van der Waals surface area contributed by atoms with Crippen LogP contribution in [-0.2, 0) is 16.2 Å². The third-order valence-corrected chi connectivity index (χ3v) is 6.56. The van der Waals surface area contributed by atoms with E-state index in [-0.39, 0.29) is 29.7 Å². The zero-order chi connectivity index (χ0) is 24.9. The second kappa shape index (κ2) is 10.6. The van der Waals surface area contributed by atoms with E-state index < -0.39 is 16.1 Å². The molecule has 10 nitrogen and oxygen atoms in total. The van der Waals surface area contributed by atoms with Crippen LogP contribution in [0.2, 0.25) is 0 Å². The molecule has 11 heteroatoms. The van der Waals surface area contributed by atoms with Crippen molar-refractivity contribution in [2.45, 2.75) is 19.4 Å². The Hall–Kier alpha value is -3.86. The average Bonchev–Trinajstić information content (AvgIpc) is 3.48. The Morgan fingerprint density at radius 3 is 2.49 bits per heavy atom. The molecular weight excluding hydrogens is 474 g/mol. The molecule has 0 unspecified atom stereocenters. The maximum Gasteiger partial charge on any atom is 0.294 e. The van der Waals surface area contributed by atoms with Gasteiger partial charge in [-0.15, -0.1) is 0 Å². The second-order valence-corrected chi connectivity index (χ2v) is 8.97. The van der Waals surface area contributed by atoms with E-state index in [9.17, 15) is 24.5 Å². The Labute approximate surface area is 205 Å². The van der Waals surface area contributed by atoms with Crippen molar-refractivity contribution in [3.63, 3.8) is 0 Å². The molecule has 0 spiro atoms. The van der Waals surface area contributed by atoms with Gasteiger partial charge < -0.3 is 14.4 Å². The molecule has 0 atom stereocenters. The second-order valence-electron chi connectivity index (χ2n) is 7.98. The van der Waals surface area contributed by atoms with Crippen molar-refractivity contribution >= 4 is 40.6 Å². The van der Waals surface area contributed by atoms with Crippen molar-refractivity contribution in [3.05, 3.63) is 68.6 Å². The number of likely N-dealkylation sites (tertiary alicyclic amines) is 1. The minimum atomic E-state index is -0.495. The normalized spacial score (nSPS) is 16.8. The summed E-state index contributed by atoms with van der Waals surface area (Å²) in [7, 11) is 1.48. The average molecular weight is 498 g/mol. The van der Waals surface area contributed by atoms with E-state index in [1.807, 2.05) is 0 Å². The number of imide groups is 1. The number of nitrogens with zero attached hydrogens (tertiary/aromatic N) is 3. The van der Waals surface area contributed by atoms with Crippen molar-refractivity contribution in [2.75, 3.05) is 26.7 Å². The first-order valence-corrected chi connectivity index (χ1v) is 11.7. The van der Waals surface area contributed by atoms with Gasteiger partial charge in [-0.2, -0.15) is 0 Å². The fraction of sp³-hybridized carbons (Fsp3) is 0.292. The van der Waals surface area contributed by atoms with Gasteiger partial charge in [-0.05, 0) is 66.1 Å². The SMILES string of the molecule is COc1cc(/C=C2\SC(=O)N(CC(=O)N3CCCC3)C2=O)ccc1OCc1ccc([N+](=O)[O-])cc1. The van der Waals surface area contributed by atoms with Gasteiger partial charge in [-0.1, -0.05) is 6.07 Å². The van der Waals surface area contributed by atoms with Crippen LogP contribution in [-0.4, -0.2) is 58.5 Å². The predicted molar refractivity (Wildman–Crippen MR) is 129 cm³/mol. The zero-order valence-electron chi connectivity index (χ0n) is 19.0. The molecule has 0 N–H and O–H groups in total. The van der Waals surface area contributed by atoms with Crippen molar-refractivity contribution < 1.29 is 28.8 Å². The van der Waals surface area contributed by atoms with Crippen LogP contribution in [0.5, 0.6) is 11.5 Å². The molecule has 2 fully saturated rings. The van der Waals surface area contributed by atoms with E-state index in [0.717, 1.165) is 35.1 Å². The van der Waals surface area contributed by atoms with Crippen molar-refractivity contribution in [1.29, 1.82) is 0 Å².